The number of nitrogens with one attached hydrogen (secondary N) is 1. The summed E-state index contributed by atoms with van der Waals surface area (Å²) in [7, 11) is 0. The fraction of sp³-hybridized carbons (Fsp3) is 0.455. The van der Waals surface area contributed by atoms with Crippen molar-refractivity contribution in [3.05, 3.63) is 27.7 Å². The second-order valence-corrected chi connectivity index (χ2v) is 4.61. The molecule has 2 atom stereocenters. The zero-order chi connectivity index (χ0) is 11.9. The second-order valence-electron chi connectivity index (χ2n) is 3.76. The van der Waals surface area contributed by atoms with Gasteiger partial charge in [-0.2, -0.15) is 4.39 Å². The van der Waals surface area contributed by atoms with E-state index in [4.69, 9.17) is 4.74 Å². The highest BCUT2D eigenvalue weighted by Gasteiger charge is 2.36. The largest absolute Gasteiger partial charge is 0.485 e. The fourth-order valence-electron chi connectivity index (χ4n) is 1.97. The normalized spacial score (nSPS) is 23.1. The molecule has 1 aromatic carbocycles. The average Bonchev–Trinajstić information content (AvgIpc) is 2.54. The predicted octanol–water partition coefficient (Wildman–Crippen LogP) is 3.16. The third-order valence-electron chi connectivity index (χ3n) is 2.67. The third kappa shape index (κ3) is 1.72. The second kappa shape index (κ2) is 4.30. The lowest BCUT2D eigenvalue weighted by molar-refractivity contribution is 0.203. The van der Waals surface area contributed by atoms with Gasteiger partial charge in [0.2, 0.25) is 5.82 Å². The van der Waals surface area contributed by atoms with E-state index in [1.54, 1.807) is 0 Å². The van der Waals surface area contributed by atoms with E-state index in [1.165, 1.54) is 0 Å². The first kappa shape index (κ1) is 11.8. The van der Waals surface area contributed by atoms with Gasteiger partial charge in [0.25, 0.3) is 0 Å². The summed E-state index contributed by atoms with van der Waals surface area (Å²) in [4.78, 5) is 0. The van der Waals surface area contributed by atoms with Crippen LogP contribution in [0.25, 0.3) is 0 Å². The Kier molecular flexibility index (Phi) is 3.17. The summed E-state index contributed by atoms with van der Waals surface area (Å²) in [6.45, 7) is 4.53. The van der Waals surface area contributed by atoms with E-state index in [-0.39, 0.29) is 17.9 Å². The van der Waals surface area contributed by atoms with Crippen molar-refractivity contribution in [2.75, 3.05) is 6.54 Å². The molecule has 0 fully saturated rings. The van der Waals surface area contributed by atoms with E-state index >= 15 is 0 Å². The summed E-state index contributed by atoms with van der Waals surface area (Å²) in [6.07, 6.45) is -0.206. The van der Waals surface area contributed by atoms with Crippen molar-refractivity contribution >= 4 is 15.9 Å². The van der Waals surface area contributed by atoms with E-state index in [0.29, 0.717) is 10.0 Å². The molecule has 1 aliphatic heterocycles. The minimum absolute atomic E-state index is 0.0188. The summed E-state index contributed by atoms with van der Waals surface area (Å²) in [5, 5.41) is 3.19. The zero-order valence-corrected chi connectivity index (χ0v) is 10.6. The predicted molar refractivity (Wildman–Crippen MR) is 60.6 cm³/mol. The van der Waals surface area contributed by atoms with Crippen molar-refractivity contribution < 1.29 is 13.5 Å². The number of fused-ring (bicyclic) bond motifs is 1. The minimum Gasteiger partial charge on any atom is -0.485 e. The molecule has 88 valence electrons. The first-order chi connectivity index (χ1) is 7.56. The van der Waals surface area contributed by atoms with Gasteiger partial charge in [-0.3, -0.25) is 0 Å². The van der Waals surface area contributed by atoms with Crippen LogP contribution in [0.15, 0.2) is 10.5 Å². The van der Waals surface area contributed by atoms with Gasteiger partial charge in [-0.05, 0) is 19.5 Å². The van der Waals surface area contributed by atoms with Crippen LogP contribution >= 0.6 is 15.9 Å². The molecule has 1 heterocycles. The third-order valence-corrected chi connectivity index (χ3v) is 3.33. The van der Waals surface area contributed by atoms with Crippen molar-refractivity contribution in [1.82, 2.24) is 5.32 Å². The van der Waals surface area contributed by atoms with Gasteiger partial charge < -0.3 is 10.1 Å². The van der Waals surface area contributed by atoms with Crippen LogP contribution < -0.4 is 10.1 Å². The van der Waals surface area contributed by atoms with Gasteiger partial charge >= 0.3 is 0 Å². The number of hydrogen-bond acceptors (Lipinski definition) is 2. The highest BCUT2D eigenvalue weighted by Crippen LogP contribution is 2.43. The number of halogens is 3. The molecule has 1 aromatic rings. The van der Waals surface area contributed by atoms with E-state index in [9.17, 15) is 8.78 Å². The molecule has 16 heavy (non-hydrogen) atoms. The monoisotopic (exact) mass is 291 g/mol. The Morgan fingerprint density at radius 3 is 2.81 bits per heavy atom. The molecule has 2 unspecified atom stereocenters. The number of ether oxygens (including phenoxy) is 1. The number of hydrogen-bond donors (Lipinski definition) is 1. The Hall–Kier alpha value is -0.680. The van der Waals surface area contributed by atoms with Gasteiger partial charge in [0.05, 0.1) is 6.04 Å². The van der Waals surface area contributed by atoms with Crippen molar-refractivity contribution in [3.63, 3.8) is 0 Å². The molecular formula is C11H12BrF2NO. The molecule has 0 spiro atoms. The lowest BCUT2D eigenvalue weighted by Gasteiger charge is -2.15. The van der Waals surface area contributed by atoms with Crippen LogP contribution in [0.4, 0.5) is 8.78 Å². The molecule has 1 aliphatic rings. The van der Waals surface area contributed by atoms with Crippen molar-refractivity contribution in [2.24, 2.45) is 0 Å². The van der Waals surface area contributed by atoms with Gasteiger partial charge in [0.1, 0.15) is 6.10 Å². The zero-order valence-electron chi connectivity index (χ0n) is 8.98. The smallest absolute Gasteiger partial charge is 0.201 e. The quantitative estimate of drug-likeness (QED) is 0.845. The van der Waals surface area contributed by atoms with Crippen LogP contribution in [0.5, 0.6) is 5.75 Å². The van der Waals surface area contributed by atoms with Crippen molar-refractivity contribution in [1.29, 1.82) is 0 Å². The molecule has 0 saturated heterocycles. The maximum Gasteiger partial charge on any atom is 0.201 e. The Balaban J connectivity index is 2.53. The van der Waals surface area contributed by atoms with Crippen LogP contribution in [-0.4, -0.2) is 12.6 Å². The van der Waals surface area contributed by atoms with Crippen LogP contribution in [-0.2, 0) is 0 Å². The first-order valence-electron chi connectivity index (χ1n) is 5.13. The van der Waals surface area contributed by atoms with Crippen molar-refractivity contribution in [3.8, 4) is 5.75 Å². The number of benzene rings is 1. The standard InChI is InChI=1S/C11H12BrF2NO/c1-3-15-10-5(2)16-11-8(10)6(12)4-7(13)9(11)14/h4-5,10,15H,3H2,1-2H3. The molecule has 0 radical (unpaired) electrons. The first-order valence-corrected chi connectivity index (χ1v) is 5.93. The van der Waals surface area contributed by atoms with Crippen LogP contribution in [0.1, 0.15) is 25.5 Å². The van der Waals surface area contributed by atoms with Gasteiger partial charge in [-0.15, -0.1) is 0 Å². The topological polar surface area (TPSA) is 21.3 Å². The van der Waals surface area contributed by atoms with E-state index in [2.05, 4.69) is 21.2 Å². The molecule has 0 aromatic heterocycles. The fourth-order valence-corrected chi connectivity index (χ4v) is 2.60. The summed E-state index contributed by atoms with van der Waals surface area (Å²) >= 11 is 3.24. The van der Waals surface area contributed by atoms with E-state index < -0.39 is 11.6 Å². The van der Waals surface area contributed by atoms with E-state index in [0.717, 1.165) is 12.6 Å². The van der Waals surface area contributed by atoms with Gasteiger partial charge in [0, 0.05) is 10.0 Å². The Morgan fingerprint density at radius 2 is 2.19 bits per heavy atom. The molecule has 0 bridgehead atoms. The maximum absolute atomic E-state index is 13.5. The van der Waals surface area contributed by atoms with Gasteiger partial charge in [-0.1, -0.05) is 22.9 Å². The highest BCUT2D eigenvalue weighted by atomic mass is 79.9. The maximum atomic E-state index is 13.5. The number of rotatable bonds is 2. The lowest BCUT2D eigenvalue weighted by Crippen LogP contribution is -2.28. The Bertz CT molecular complexity index is 425. The molecule has 0 aliphatic carbocycles. The molecule has 0 amide bonds. The molecule has 2 nitrogen and oxygen atoms in total. The molecule has 1 N–H and O–H groups in total. The molecule has 2 rings (SSSR count). The molecular weight excluding hydrogens is 280 g/mol. The van der Waals surface area contributed by atoms with Crippen LogP contribution in [0, 0.1) is 11.6 Å². The minimum atomic E-state index is -0.912. The lowest BCUT2D eigenvalue weighted by atomic mass is 10.0. The van der Waals surface area contributed by atoms with E-state index in [1.807, 2.05) is 13.8 Å². The number of likely N-dealkylation sites (N-methyl/N-ethyl adjacent to an activating group) is 1. The van der Waals surface area contributed by atoms with Gasteiger partial charge in [0.15, 0.2) is 11.6 Å². The summed E-state index contributed by atoms with van der Waals surface area (Å²) in [5.74, 6) is -1.79. The summed E-state index contributed by atoms with van der Waals surface area (Å²) < 4.78 is 32.6. The molecule has 0 saturated carbocycles. The van der Waals surface area contributed by atoms with Crippen LogP contribution in [0.2, 0.25) is 0 Å². The van der Waals surface area contributed by atoms with Crippen molar-refractivity contribution in [2.45, 2.75) is 26.0 Å². The Labute approximate surface area is 101 Å². The molecule has 5 heteroatoms. The van der Waals surface area contributed by atoms with Crippen LogP contribution in [0.3, 0.4) is 0 Å². The average molecular weight is 292 g/mol. The SMILES string of the molecule is CCNC1c2c(Br)cc(F)c(F)c2OC1C. The summed E-state index contributed by atoms with van der Waals surface area (Å²) in [5.41, 5.74) is 0.660. The summed E-state index contributed by atoms with van der Waals surface area (Å²) in [6, 6.07) is 1.03. The highest BCUT2D eigenvalue weighted by molar-refractivity contribution is 9.10. The van der Waals surface area contributed by atoms with Gasteiger partial charge in [-0.25, -0.2) is 4.39 Å². The Morgan fingerprint density at radius 1 is 1.50 bits per heavy atom.